The van der Waals surface area contributed by atoms with Crippen LogP contribution in [-0.2, 0) is 31.0 Å². The molecule has 0 aliphatic carbocycles. The van der Waals surface area contributed by atoms with E-state index >= 15 is 0 Å². The summed E-state index contributed by atoms with van der Waals surface area (Å²) in [5.41, 5.74) is 7.79. The zero-order valence-corrected chi connectivity index (χ0v) is 23.5. The monoisotopic (exact) mass is 516 g/mol. The van der Waals surface area contributed by atoms with Gasteiger partial charge in [-0.05, 0) is 60.4 Å². The minimum atomic E-state index is 0.613. The van der Waals surface area contributed by atoms with Crippen molar-refractivity contribution in [2.45, 2.75) is 78.7 Å². The average molecular weight is 517 g/mol. The van der Waals surface area contributed by atoms with Crippen molar-refractivity contribution in [1.29, 1.82) is 0 Å². The predicted octanol–water partition coefficient (Wildman–Crippen LogP) is 10.00. The molecular formula is C36H40N2O. The van der Waals surface area contributed by atoms with Crippen LogP contribution in [0.4, 0.5) is 0 Å². The first-order chi connectivity index (χ1) is 19.3. The van der Waals surface area contributed by atoms with E-state index < -0.39 is 0 Å². The molecule has 0 N–H and O–H groups in total. The lowest BCUT2D eigenvalue weighted by atomic mass is 10.1. The summed E-state index contributed by atoms with van der Waals surface area (Å²) in [5, 5.41) is 5.35. The molecule has 0 unspecified atom stereocenters. The lowest BCUT2D eigenvalue weighted by Crippen LogP contribution is -1.98. The molecule has 6 rings (SSSR count). The smallest absolute Gasteiger partial charge is 0.0721 e. The number of ether oxygens (including phenoxy) is 1. The third-order valence-electron chi connectivity index (χ3n) is 8.18. The first-order valence-corrected chi connectivity index (χ1v) is 14.9. The molecule has 2 aromatic heterocycles. The van der Waals surface area contributed by atoms with E-state index in [-0.39, 0.29) is 0 Å². The molecule has 6 aromatic rings. The topological polar surface area (TPSA) is 19.1 Å². The van der Waals surface area contributed by atoms with Gasteiger partial charge in [-0.3, -0.25) is 0 Å². The molecule has 0 atom stereocenters. The Morgan fingerprint density at radius 3 is 1.38 bits per heavy atom. The van der Waals surface area contributed by atoms with E-state index in [0.29, 0.717) is 13.2 Å². The zero-order chi connectivity index (χ0) is 26.6. The highest BCUT2D eigenvalue weighted by molar-refractivity contribution is 6.09. The van der Waals surface area contributed by atoms with Gasteiger partial charge in [0, 0.05) is 56.7 Å². The lowest BCUT2D eigenvalue weighted by molar-refractivity contribution is 0.107. The maximum atomic E-state index is 6.29. The molecule has 0 bridgehead atoms. The summed E-state index contributed by atoms with van der Waals surface area (Å²) in [4.78, 5) is 0. The number of aryl methyl sites for hydroxylation is 2. The average Bonchev–Trinajstić information content (AvgIpc) is 3.46. The van der Waals surface area contributed by atoms with Crippen LogP contribution in [0.2, 0.25) is 0 Å². The molecule has 200 valence electrons. The number of hydrogen-bond donors (Lipinski definition) is 0. The molecular weight excluding hydrogens is 476 g/mol. The van der Waals surface area contributed by atoms with E-state index in [1.807, 2.05) is 0 Å². The molecule has 0 radical (unpaired) electrons. The summed E-state index contributed by atoms with van der Waals surface area (Å²) in [6.45, 7) is 7.91. The number of aromatic nitrogens is 2. The van der Waals surface area contributed by atoms with Crippen molar-refractivity contribution in [3.63, 3.8) is 0 Å². The van der Waals surface area contributed by atoms with Gasteiger partial charge in [0.25, 0.3) is 0 Å². The largest absolute Gasteiger partial charge is 0.372 e. The Bertz CT molecular complexity index is 1590. The Morgan fingerprint density at radius 2 is 0.923 bits per heavy atom. The van der Waals surface area contributed by atoms with Crippen LogP contribution >= 0.6 is 0 Å². The number of fused-ring (bicyclic) bond motifs is 6. The van der Waals surface area contributed by atoms with Crippen LogP contribution in [0.1, 0.15) is 63.5 Å². The Hall–Kier alpha value is -3.56. The summed E-state index contributed by atoms with van der Waals surface area (Å²) < 4.78 is 11.3. The van der Waals surface area contributed by atoms with Gasteiger partial charge in [0.2, 0.25) is 0 Å². The number of benzene rings is 4. The van der Waals surface area contributed by atoms with Crippen LogP contribution in [0.25, 0.3) is 43.6 Å². The predicted molar refractivity (Wildman–Crippen MR) is 166 cm³/mol. The number of rotatable bonds is 12. The van der Waals surface area contributed by atoms with E-state index in [0.717, 1.165) is 13.1 Å². The lowest BCUT2D eigenvalue weighted by Gasteiger charge is -2.09. The second-order valence-electron chi connectivity index (χ2n) is 10.9. The molecule has 0 fully saturated rings. The normalized spacial score (nSPS) is 11.9. The second-order valence-corrected chi connectivity index (χ2v) is 10.9. The van der Waals surface area contributed by atoms with Gasteiger partial charge >= 0.3 is 0 Å². The fourth-order valence-corrected chi connectivity index (χ4v) is 6.19. The number of hydrogen-bond acceptors (Lipinski definition) is 1. The van der Waals surface area contributed by atoms with Gasteiger partial charge in [-0.25, -0.2) is 0 Å². The number of nitrogens with zero attached hydrogens (tertiary/aromatic N) is 2. The van der Waals surface area contributed by atoms with Crippen LogP contribution in [-0.4, -0.2) is 9.13 Å². The van der Waals surface area contributed by atoms with E-state index in [1.165, 1.54) is 93.3 Å². The minimum Gasteiger partial charge on any atom is -0.372 e. The molecule has 0 aliphatic heterocycles. The minimum absolute atomic E-state index is 0.613. The highest BCUT2D eigenvalue weighted by Gasteiger charge is 2.12. The Labute approximate surface area is 232 Å². The van der Waals surface area contributed by atoms with Crippen molar-refractivity contribution >= 4 is 43.6 Å². The van der Waals surface area contributed by atoms with Crippen molar-refractivity contribution in [2.24, 2.45) is 0 Å². The van der Waals surface area contributed by atoms with Crippen molar-refractivity contribution in [1.82, 2.24) is 9.13 Å². The fraction of sp³-hybridized carbons (Fsp3) is 0.333. The van der Waals surface area contributed by atoms with E-state index in [4.69, 9.17) is 4.74 Å². The standard InChI is InChI=1S/C36H40N2O/c1-3-5-11-21-37-33-15-9-7-13-29(33)31-23-27(17-19-35(31)37)25-39-26-28-18-20-36-32(24-28)30-14-8-10-16-34(30)38(36)22-12-6-4-2/h7-10,13-20,23-24H,3-6,11-12,21-22,25-26H2,1-2H3. The third-order valence-corrected chi connectivity index (χ3v) is 8.18. The molecule has 3 heteroatoms. The van der Waals surface area contributed by atoms with E-state index in [1.54, 1.807) is 0 Å². The van der Waals surface area contributed by atoms with Gasteiger partial charge in [0.05, 0.1) is 13.2 Å². The highest BCUT2D eigenvalue weighted by Crippen LogP contribution is 2.32. The molecule has 0 saturated heterocycles. The van der Waals surface area contributed by atoms with Crippen LogP contribution in [0.5, 0.6) is 0 Å². The van der Waals surface area contributed by atoms with E-state index in [2.05, 4.69) is 108 Å². The summed E-state index contributed by atoms with van der Waals surface area (Å²) >= 11 is 0. The number of unbranched alkanes of at least 4 members (excludes halogenated alkanes) is 4. The molecule has 3 nitrogen and oxygen atoms in total. The van der Waals surface area contributed by atoms with Gasteiger partial charge in [0.1, 0.15) is 0 Å². The molecule has 39 heavy (non-hydrogen) atoms. The Kier molecular flexibility index (Phi) is 7.69. The summed E-state index contributed by atoms with van der Waals surface area (Å²) in [6, 6.07) is 31.4. The van der Waals surface area contributed by atoms with E-state index in [9.17, 15) is 0 Å². The van der Waals surface area contributed by atoms with Crippen molar-refractivity contribution in [2.75, 3.05) is 0 Å². The first kappa shape index (κ1) is 25.7. The summed E-state index contributed by atoms with van der Waals surface area (Å²) in [7, 11) is 0. The van der Waals surface area contributed by atoms with Crippen LogP contribution < -0.4 is 0 Å². The van der Waals surface area contributed by atoms with Crippen molar-refractivity contribution < 1.29 is 4.74 Å². The quantitative estimate of drug-likeness (QED) is 0.148. The summed E-state index contributed by atoms with van der Waals surface area (Å²) in [6.07, 6.45) is 7.46. The molecule has 0 saturated carbocycles. The van der Waals surface area contributed by atoms with Crippen LogP contribution in [0.15, 0.2) is 84.9 Å². The zero-order valence-electron chi connectivity index (χ0n) is 23.5. The second kappa shape index (κ2) is 11.7. The SMILES string of the molecule is CCCCCn1c2ccccc2c2cc(COCc3ccc4c(c3)c3ccccc3n4CCCCC)ccc21. The maximum Gasteiger partial charge on any atom is 0.0721 e. The molecule has 0 spiro atoms. The molecule has 0 amide bonds. The summed E-state index contributed by atoms with van der Waals surface area (Å²) in [5.74, 6) is 0. The van der Waals surface area contributed by atoms with Gasteiger partial charge in [-0.1, -0.05) is 88.1 Å². The third kappa shape index (κ3) is 5.08. The van der Waals surface area contributed by atoms with Crippen molar-refractivity contribution in [3.8, 4) is 0 Å². The van der Waals surface area contributed by atoms with Gasteiger partial charge in [-0.2, -0.15) is 0 Å². The Balaban J connectivity index is 1.21. The van der Waals surface area contributed by atoms with Crippen LogP contribution in [0.3, 0.4) is 0 Å². The van der Waals surface area contributed by atoms with Gasteiger partial charge in [0.15, 0.2) is 0 Å². The number of para-hydroxylation sites is 2. The maximum absolute atomic E-state index is 6.29. The first-order valence-electron chi connectivity index (χ1n) is 14.9. The fourth-order valence-electron chi connectivity index (χ4n) is 6.19. The molecule has 4 aromatic carbocycles. The molecule has 2 heterocycles. The Morgan fingerprint density at radius 1 is 0.487 bits per heavy atom. The van der Waals surface area contributed by atoms with Crippen LogP contribution in [0, 0.1) is 0 Å². The molecule has 0 aliphatic rings. The van der Waals surface area contributed by atoms with Crippen molar-refractivity contribution in [3.05, 3.63) is 96.1 Å². The van der Waals surface area contributed by atoms with Gasteiger partial charge in [-0.15, -0.1) is 0 Å². The van der Waals surface area contributed by atoms with Gasteiger partial charge < -0.3 is 13.9 Å². The highest BCUT2D eigenvalue weighted by atomic mass is 16.5.